The van der Waals surface area contributed by atoms with Crippen LogP contribution in [0.2, 0.25) is 0 Å². The summed E-state index contributed by atoms with van der Waals surface area (Å²) in [6, 6.07) is 0. The van der Waals surface area contributed by atoms with Crippen LogP contribution in [0.3, 0.4) is 0 Å². The van der Waals surface area contributed by atoms with Crippen molar-refractivity contribution in [1.82, 2.24) is 0 Å². The SMILES string of the molecule is CC1(CO)C=CCCC1. The normalized spacial score (nSPS) is 34.9. The second-order valence-electron chi connectivity index (χ2n) is 3.11. The van der Waals surface area contributed by atoms with Crippen LogP contribution >= 0.6 is 0 Å². The molecule has 0 radical (unpaired) electrons. The molecule has 1 rings (SSSR count). The van der Waals surface area contributed by atoms with E-state index >= 15 is 0 Å². The predicted octanol–water partition coefficient (Wildman–Crippen LogP) is 1.73. The summed E-state index contributed by atoms with van der Waals surface area (Å²) in [4.78, 5) is 0. The van der Waals surface area contributed by atoms with Crippen LogP contribution in [0, 0.1) is 5.41 Å². The van der Waals surface area contributed by atoms with E-state index < -0.39 is 0 Å². The number of rotatable bonds is 1. The highest BCUT2D eigenvalue weighted by Gasteiger charge is 2.20. The molecule has 0 aromatic heterocycles. The van der Waals surface area contributed by atoms with Gasteiger partial charge in [-0.25, -0.2) is 0 Å². The van der Waals surface area contributed by atoms with E-state index in [0.717, 1.165) is 6.42 Å². The molecule has 9 heavy (non-hydrogen) atoms. The maximum absolute atomic E-state index is 8.90. The fourth-order valence-corrected chi connectivity index (χ4v) is 1.21. The smallest absolute Gasteiger partial charge is 0.0519 e. The summed E-state index contributed by atoms with van der Waals surface area (Å²) in [6.45, 7) is 2.40. The third-order valence-corrected chi connectivity index (χ3v) is 2.00. The molecule has 0 saturated carbocycles. The maximum atomic E-state index is 8.90. The van der Waals surface area contributed by atoms with E-state index in [4.69, 9.17) is 5.11 Å². The van der Waals surface area contributed by atoms with E-state index in [1.54, 1.807) is 0 Å². The van der Waals surface area contributed by atoms with Crippen molar-refractivity contribution in [3.05, 3.63) is 12.2 Å². The number of hydrogen-bond acceptors (Lipinski definition) is 1. The Bertz CT molecular complexity index is 118. The van der Waals surface area contributed by atoms with Crippen molar-refractivity contribution in [2.24, 2.45) is 5.41 Å². The van der Waals surface area contributed by atoms with Gasteiger partial charge in [-0.1, -0.05) is 19.1 Å². The summed E-state index contributed by atoms with van der Waals surface area (Å²) in [5.74, 6) is 0. The third-order valence-electron chi connectivity index (χ3n) is 2.00. The van der Waals surface area contributed by atoms with Gasteiger partial charge in [-0.15, -0.1) is 0 Å². The van der Waals surface area contributed by atoms with Gasteiger partial charge in [0.25, 0.3) is 0 Å². The number of allylic oxidation sites excluding steroid dienone is 1. The summed E-state index contributed by atoms with van der Waals surface area (Å²) in [5, 5.41) is 8.90. The average molecular weight is 126 g/mol. The molecule has 0 aromatic rings. The van der Waals surface area contributed by atoms with Gasteiger partial charge in [-0.2, -0.15) is 0 Å². The minimum atomic E-state index is 0.0955. The second kappa shape index (κ2) is 2.53. The molecule has 1 atom stereocenters. The first kappa shape index (κ1) is 6.81. The van der Waals surface area contributed by atoms with E-state index in [1.807, 2.05) is 0 Å². The summed E-state index contributed by atoms with van der Waals surface area (Å²) >= 11 is 0. The van der Waals surface area contributed by atoms with Gasteiger partial charge in [0.15, 0.2) is 0 Å². The van der Waals surface area contributed by atoms with Crippen LogP contribution in [0.15, 0.2) is 12.2 Å². The van der Waals surface area contributed by atoms with Gasteiger partial charge in [0, 0.05) is 5.41 Å². The van der Waals surface area contributed by atoms with Crippen LogP contribution in [0.5, 0.6) is 0 Å². The van der Waals surface area contributed by atoms with E-state index in [2.05, 4.69) is 19.1 Å². The van der Waals surface area contributed by atoms with Gasteiger partial charge in [0.2, 0.25) is 0 Å². The lowest BCUT2D eigenvalue weighted by molar-refractivity contribution is 0.169. The molecule has 1 unspecified atom stereocenters. The Morgan fingerprint density at radius 2 is 2.44 bits per heavy atom. The molecular weight excluding hydrogens is 112 g/mol. The molecule has 0 fully saturated rings. The number of aliphatic hydroxyl groups excluding tert-OH is 1. The van der Waals surface area contributed by atoms with Crippen LogP contribution in [0.1, 0.15) is 26.2 Å². The Kier molecular flexibility index (Phi) is 1.91. The lowest BCUT2D eigenvalue weighted by Gasteiger charge is -2.25. The molecule has 1 aliphatic carbocycles. The van der Waals surface area contributed by atoms with E-state index in [9.17, 15) is 0 Å². The summed E-state index contributed by atoms with van der Waals surface area (Å²) in [5.41, 5.74) is 0.0955. The van der Waals surface area contributed by atoms with Gasteiger partial charge >= 0.3 is 0 Å². The number of hydrogen-bond donors (Lipinski definition) is 1. The zero-order chi connectivity index (χ0) is 6.74. The van der Waals surface area contributed by atoms with Crippen LogP contribution in [-0.2, 0) is 0 Å². The molecule has 1 heteroatoms. The third kappa shape index (κ3) is 1.55. The van der Waals surface area contributed by atoms with Gasteiger partial charge in [0.05, 0.1) is 6.61 Å². The molecule has 1 aliphatic rings. The lowest BCUT2D eigenvalue weighted by Crippen LogP contribution is -2.20. The van der Waals surface area contributed by atoms with Gasteiger partial charge < -0.3 is 5.11 Å². The highest BCUT2D eigenvalue weighted by molar-refractivity contribution is 5.00. The molecule has 0 amide bonds. The Morgan fingerprint density at radius 3 is 2.78 bits per heavy atom. The first-order chi connectivity index (χ1) is 4.27. The maximum Gasteiger partial charge on any atom is 0.0519 e. The molecular formula is C8H14O. The monoisotopic (exact) mass is 126 g/mol. The zero-order valence-electron chi connectivity index (χ0n) is 5.93. The average Bonchev–Trinajstić information content (AvgIpc) is 1.90. The fourth-order valence-electron chi connectivity index (χ4n) is 1.21. The van der Waals surface area contributed by atoms with E-state index in [1.165, 1.54) is 12.8 Å². The fraction of sp³-hybridized carbons (Fsp3) is 0.750. The largest absolute Gasteiger partial charge is 0.395 e. The van der Waals surface area contributed by atoms with Crippen molar-refractivity contribution in [2.45, 2.75) is 26.2 Å². The lowest BCUT2D eigenvalue weighted by atomic mass is 9.82. The van der Waals surface area contributed by atoms with Crippen molar-refractivity contribution >= 4 is 0 Å². The molecule has 0 saturated heterocycles. The van der Waals surface area contributed by atoms with Crippen LogP contribution in [-0.4, -0.2) is 11.7 Å². The minimum absolute atomic E-state index is 0.0955. The highest BCUT2D eigenvalue weighted by Crippen LogP contribution is 2.29. The predicted molar refractivity (Wildman–Crippen MR) is 38.2 cm³/mol. The van der Waals surface area contributed by atoms with Crippen molar-refractivity contribution in [3.63, 3.8) is 0 Å². The molecule has 52 valence electrons. The van der Waals surface area contributed by atoms with Gasteiger partial charge in [0.1, 0.15) is 0 Å². The number of aliphatic hydroxyl groups is 1. The molecule has 0 spiro atoms. The van der Waals surface area contributed by atoms with Crippen LogP contribution in [0.4, 0.5) is 0 Å². The molecule has 1 N–H and O–H groups in total. The molecule has 0 aromatic carbocycles. The summed E-state index contributed by atoms with van der Waals surface area (Å²) in [7, 11) is 0. The van der Waals surface area contributed by atoms with Gasteiger partial charge in [-0.05, 0) is 19.3 Å². The molecule has 0 heterocycles. The topological polar surface area (TPSA) is 20.2 Å². The zero-order valence-corrected chi connectivity index (χ0v) is 5.93. The Labute approximate surface area is 56.4 Å². The minimum Gasteiger partial charge on any atom is -0.395 e. The first-order valence-corrected chi connectivity index (χ1v) is 3.55. The summed E-state index contributed by atoms with van der Waals surface area (Å²) < 4.78 is 0. The molecule has 1 nitrogen and oxygen atoms in total. The Hall–Kier alpha value is -0.300. The van der Waals surface area contributed by atoms with Crippen molar-refractivity contribution in [2.75, 3.05) is 6.61 Å². The van der Waals surface area contributed by atoms with Crippen molar-refractivity contribution in [3.8, 4) is 0 Å². The van der Waals surface area contributed by atoms with E-state index in [0.29, 0.717) is 6.61 Å². The second-order valence-corrected chi connectivity index (χ2v) is 3.11. The summed E-state index contributed by atoms with van der Waals surface area (Å²) in [6.07, 6.45) is 7.86. The highest BCUT2D eigenvalue weighted by atomic mass is 16.3. The van der Waals surface area contributed by atoms with Crippen molar-refractivity contribution in [1.29, 1.82) is 0 Å². The van der Waals surface area contributed by atoms with Crippen molar-refractivity contribution < 1.29 is 5.11 Å². The van der Waals surface area contributed by atoms with Gasteiger partial charge in [-0.3, -0.25) is 0 Å². The quantitative estimate of drug-likeness (QED) is 0.530. The first-order valence-electron chi connectivity index (χ1n) is 3.55. The standard InChI is InChI=1S/C8H14O/c1-8(7-9)5-3-2-4-6-8/h3,5,9H,2,4,6-7H2,1H3. The van der Waals surface area contributed by atoms with Crippen LogP contribution in [0.25, 0.3) is 0 Å². The Balaban J connectivity index is 2.56. The Morgan fingerprint density at radius 1 is 1.67 bits per heavy atom. The molecule has 0 aliphatic heterocycles. The molecule has 0 bridgehead atoms. The van der Waals surface area contributed by atoms with Crippen LogP contribution < -0.4 is 0 Å². The van der Waals surface area contributed by atoms with E-state index in [-0.39, 0.29) is 5.41 Å².